The zero-order chi connectivity index (χ0) is 21.1. The molecule has 0 atom stereocenters. The van der Waals surface area contributed by atoms with E-state index in [1.807, 2.05) is 6.07 Å². The van der Waals surface area contributed by atoms with E-state index in [9.17, 15) is 18.1 Å². The van der Waals surface area contributed by atoms with Gasteiger partial charge in [-0.3, -0.25) is 4.55 Å². The molecule has 0 bridgehead atoms. The first kappa shape index (κ1) is 27.0. The maximum atomic E-state index is 12.2. The van der Waals surface area contributed by atoms with Crippen LogP contribution in [0.25, 0.3) is 0 Å². The summed E-state index contributed by atoms with van der Waals surface area (Å²) in [6, 6.07) is 11.4. The molecule has 0 spiro atoms. The summed E-state index contributed by atoms with van der Waals surface area (Å²) in [5.41, 5.74) is 0.661. The predicted octanol–water partition coefficient (Wildman–Crippen LogP) is 2.88. The van der Waals surface area contributed by atoms with Crippen LogP contribution < -0.4 is 39.4 Å². The van der Waals surface area contributed by atoms with Crippen LogP contribution in [0, 0.1) is 0 Å². The minimum Gasteiger partial charge on any atom is -0.872 e. The molecule has 2 rings (SSSR count). The third kappa shape index (κ3) is 9.40. The number of hydrogen-bond donors (Lipinski definition) is 1. The standard InChI is InChI=1S/C23H32O5S.Na/c1-2-3-4-5-6-7-8-9-11-14-19-17-21(24)23(29(25,26)27)18-22(19)28-20-15-12-10-13-16-20;/h10,12-13,15-18,24H,2-9,11,14H2,1H3,(H,25,26,27);/q;+1/p-1. The molecule has 0 aliphatic heterocycles. The van der Waals surface area contributed by atoms with Gasteiger partial charge in [-0.2, -0.15) is 8.42 Å². The van der Waals surface area contributed by atoms with Gasteiger partial charge in [0, 0.05) is 6.07 Å². The quantitative estimate of drug-likeness (QED) is 0.293. The van der Waals surface area contributed by atoms with Crippen molar-refractivity contribution in [2.45, 2.75) is 76.0 Å². The molecule has 0 aromatic heterocycles. The molecular formula is C23H31NaO5S. The normalized spacial score (nSPS) is 11.1. The third-order valence-corrected chi connectivity index (χ3v) is 5.80. The van der Waals surface area contributed by atoms with Crippen LogP contribution in [0.4, 0.5) is 0 Å². The van der Waals surface area contributed by atoms with E-state index in [2.05, 4.69) is 6.92 Å². The van der Waals surface area contributed by atoms with Crippen molar-refractivity contribution in [1.29, 1.82) is 0 Å². The fourth-order valence-corrected chi connectivity index (χ4v) is 3.89. The van der Waals surface area contributed by atoms with E-state index in [1.165, 1.54) is 44.6 Å². The molecule has 0 amide bonds. The van der Waals surface area contributed by atoms with Crippen LogP contribution in [0.2, 0.25) is 0 Å². The molecule has 2 aromatic rings. The van der Waals surface area contributed by atoms with Crippen molar-refractivity contribution in [2.75, 3.05) is 0 Å². The van der Waals surface area contributed by atoms with E-state index in [1.54, 1.807) is 24.3 Å². The maximum absolute atomic E-state index is 12.2. The van der Waals surface area contributed by atoms with Crippen molar-refractivity contribution >= 4 is 10.1 Å². The zero-order valence-electron chi connectivity index (χ0n) is 18.1. The van der Waals surface area contributed by atoms with Gasteiger partial charge in [-0.05, 0) is 30.5 Å². The zero-order valence-corrected chi connectivity index (χ0v) is 20.9. The third-order valence-electron chi connectivity index (χ3n) is 4.93. The molecule has 0 saturated heterocycles. The Labute approximate surface area is 202 Å². The number of hydrogen-bond acceptors (Lipinski definition) is 4. The molecule has 1 N–H and O–H groups in total. The Hall–Kier alpha value is -1.05. The van der Waals surface area contributed by atoms with Crippen LogP contribution in [-0.4, -0.2) is 13.0 Å². The van der Waals surface area contributed by atoms with E-state index >= 15 is 0 Å². The second kappa shape index (κ2) is 14.1. The van der Waals surface area contributed by atoms with Crippen molar-refractivity contribution in [3.05, 3.63) is 48.0 Å². The van der Waals surface area contributed by atoms with Gasteiger partial charge in [-0.15, -0.1) is 0 Å². The molecule has 0 radical (unpaired) electrons. The largest absolute Gasteiger partial charge is 1.00 e. The first-order chi connectivity index (χ1) is 13.9. The summed E-state index contributed by atoms with van der Waals surface area (Å²) >= 11 is 0. The topological polar surface area (TPSA) is 86.7 Å². The summed E-state index contributed by atoms with van der Waals surface area (Å²) in [4.78, 5) is -0.653. The maximum Gasteiger partial charge on any atom is 1.00 e. The fourth-order valence-electron chi connectivity index (χ4n) is 3.32. The first-order valence-corrected chi connectivity index (χ1v) is 11.9. The van der Waals surface area contributed by atoms with Gasteiger partial charge in [-0.1, -0.05) is 88.3 Å². The minimum atomic E-state index is -4.60. The molecule has 0 aliphatic carbocycles. The van der Waals surface area contributed by atoms with Crippen molar-refractivity contribution in [3.8, 4) is 17.2 Å². The molecule has 0 fully saturated rings. The van der Waals surface area contributed by atoms with E-state index in [0.717, 1.165) is 25.3 Å². The first-order valence-electron chi connectivity index (χ1n) is 10.5. The second-order valence-electron chi connectivity index (χ2n) is 7.38. The van der Waals surface area contributed by atoms with Crippen molar-refractivity contribution in [3.63, 3.8) is 0 Å². The molecule has 5 nitrogen and oxygen atoms in total. The molecule has 160 valence electrons. The van der Waals surface area contributed by atoms with Crippen molar-refractivity contribution in [2.24, 2.45) is 0 Å². The van der Waals surface area contributed by atoms with Crippen LogP contribution in [0.15, 0.2) is 47.4 Å². The Balaban J connectivity index is 0.00000450. The number of benzene rings is 2. The Bertz CT molecular complexity index is 853. The summed E-state index contributed by atoms with van der Waals surface area (Å²) in [5, 5.41) is 12.2. The van der Waals surface area contributed by atoms with Crippen LogP contribution in [0.1, 0.15) is 70.3 Å². The van der Waals surface area contributed by atoms with Crippen LogP contribution in [0.5, 0.6) is 17.2 Å². The summed E-state index contributed by atoms with van der Waals surface area (Å²) in [7, 11) is -4.60. The van der Waals surface area contributed by atoms with Gasteiger partial charge in [0.15, 0.2) is 0 Å². The van der Waals surface area contributed by atoms with E-state index < -0.39 is 20.8 Å². The summed E-state index contributed by atoms with van der Waals surface area (Å²) < 4.78 is 38.1. The molecule has 7 heteroatoms. The van der Waals surface area contributed by atoms with Crippen molar-refractivity contribution < 1.29 is 52.4 Å². The van der Waals surface area contributed by atoms with Crippen LogP contribution >= 0.6 is 0 Å². The fraction of sp³-hybridized carbons (Fsp3) is 0.478. The summed E-state index contributed by atoms with van der Waals surface area (Å²) in [6.45, 7) is 2.21. The Morgan fingerprint density at radius 2 is 1.47 bits per heavy atom. The van der Waals surface area contributed by atoms with Crippen LogP contribution in [-0.2, 0) is 16.5 Å². The molecule has 0 unspecified atom stereocenters. The predicted molar refractivity (Wildman–Crippen MR) is 113 cm³/mol. The molecule has 0 aliphatic rings. The van der Waals surface area contributed by atoms with Crippen molar-refractivity contribution in [1.82, 2.24) is 0 Å². The SMILES string of the molecule is CCCCCCCCCCCc1cc([O-])c(S(=O)(=O)O)cc1Oc1ccccc1.[Na+]. The molecule has 30 heavy (non-hydrogen) atoms. The van der Waals surface area contributed by atoms with Gasteiger partial charge in [-0.25, -0.2) is 0 Å². The van der Waals surface area contributed by atoms with Gasteiger partial charge in [0.1, 0.15) is 11.5 Å². The van der Waals surface area contributed by atoms with Crippen LogP contribution in [0.3, 0.4) is 0 Å². The molecule has 2 aromatic carbocycles. The Morgan fingerprint density at radius 3 is 2.03 bits per heavy atom. The Morgan fingerprint density at radius 1 is 0.900 bits per heavy atom. The summed E-state index contributed by atoms with van der Waals surface area (Å²) in [6.07, 6.45) is 11.3. The molecule has 0 saturated carbocycles. The second-order valence-corrected chi connectivity index (χ2v) is 8.77. The summed E-state index contributed by atoms with van der Waals surface area (Å²) in [5.74, 6) is 0.127. The van der Waals surface area contributed by atoms with Gasteiger partial charge >= 0.3 is 29.6 Å². The average molecular weight is 443 g/mol. The van der Waals surface area contributed by atoms with Gasteiger partial charge in [0.25, 0.3) is 10.1 Å². The van der Waals surface area contributed by atoms with Gasteiger partial charge in [0.05, 0.1) is 4.90 Å². The number of para-hydroxylation sites is 1. The number of rotatable bonds is 13. The number of aryl methyl sites for hydroxylation is 1. The Kier molecular flexibility index (Phi) is 12.7. The van der Waals surface area contributed by atoms with Gasteiger partial charge < -0.3 is 9.84 Å². The van der Waals surface area contributed by atoms with Gasteiger partial charge in [0.2, 0.25) is 0 Å². The van der Waals surface area contributed by atoms with E-state index in [-0.39, 0.29) is 29.6 Å². The number of ether oxygens (including phenoxy) is 1. The smallest absolute Gasteiger partial charge is 0.872 e. The number of unbranched alkanes of at least 4 members (excludes halogenated alkanes) is 8. The monoisotopic (exact) mass is 442 g/mol. The van der Waals surface area contributed by atoms with E-state index in [4.69, 9.17) is 4.74 Å². The molecule has 0 heterocycles. The minimum absolute atomic E-state index is 0. The average Bonchev–Trinajstić information content (AvgIpc) is 2.68. The molecular weight excluding hydrogens is 411 g/mol. The van der Waals surface area contributed by atoms with E-state index in [0.29, 0.717) is 23.5 Å².